The van der Waals surface area contributed by atoms with Crippen molar-refractivity contribution in [2.24, 2.45) is 0 Å². The summed E-state index contributed by atoms with van der Waals surface area (Å²) in [4.78, 5) is 27.7. The van der Waals surface area contributed by atoms with Crippen molar-refractivity contribution in [1.29, 1.82) is 5.41 Å². The van der Waals surface area contributed by atoms with E-state index in [0.29, 0.717) is 11.5 Å². The lowest BCUT2D eigenvalue weighted by molar-refractivity contribution is -0.107. The fourth-order valence-corrected chi connectivity index (χ4v) is 5.40. The Bertz CT molecular complexity index is 1110. The summed E-state index contributed by atoms with van der Waals surface area (Å²) in [5.41, 5.74) is 3.85. The van der Waals surface area contributed by atoms with Crippen molar-refractivity contribution in [2.75, 3.05) is 53.1 Å². The maximum atomic E-state index is 12.3. The molecule has 1 unspecified atom stereocenters. The molecule has 1 aliphatic rings. The quantitative estimate of drug-likeness (QED) is 0.250. The van der Waals surface area contributed by atoms with Crippen LogP contribution in [0.15, 0.2) is 47.4 Å². The summed E-state index contributed by atoms with van der Waals surface area (Å²) in [6.45, 7) is 2.99. The van der Waals surface area contributed by atoms with Gasteiger partial charge in [-0.25, -0.2) is 13.3 Å². The van der Waals surface area contributed by atoms with Gasteiger partial charge in [-0.3, -0.25) is 15.2 Å². The fourth-order valence-electron chi connectivity index (χ4n) is 4.61. The van der Waals surface area contributed by atoms with Gasteiger partial charge in [0.15, 0.2) is 0 Å². The number of anilines is 1. The number of aldehydes is 1. The predicted octanol–water partition coefficient (Wildman–Crippen LogP) is 3.25. The van der Waals surface area contributed by atoms with Gasteiger partial charge in [0, 0.05) is 44.9 Å². The van der Waals surface area contributed by atoms with Crippen LogP contribution in [-0.2, 0) is 22.3 Å². The van der Waals surface area contributed by atoms with Crippen molar-refractivity contribution < 1.29 is 13.8 Å². The zero-order valence-electron chi connectivity index (χ0n) is 22.1. The highest BCUT2D eigenvalue weighted by atomic mass is 32.2. The van der Waals surface area contributed by atoms with E-state index in [9.17, 15) is 13.8 Å². The average Bonchev–Trinajstić information content (AvgIpc) is 2.92. The number of hydrogen-bond donors (Lipinski definition) is 3. The summed E-state index contributed by atoms with van der Waals surface area (Å²) in [6.07, 6.45) is 2.99. The summed E-state index contributed by atoms with van der Waals surface area (Å²) in [7, 11) is 5.81. The van der Waals surface area contributed by atoms with Crippen molar-refractivity contribution >= 4 is 34.8 Å². The number of carbonyl (C=O) groups excluding carboxylic acids is 2. The Hall–Kier alpha value is -3.08. The van der Waals surface area contributed by atoms with Crippen molar-refractivity contribution in [3.05, 3.63) is 59.2 Å². The summed E-state index contributed by atoms with van der Waals surface area (Å²) in [5, 5.41) is 14.4. The summed E-state index contributed by atoms with van der Waals surface area (Å²) in [6, 6.07) is 13.6. The minimum absolute atomic E-state index is 0.0624. The number of likely N-dealkylation sites (tertiary alicyclic amines) is 1. The van der Waals surface area contributed by atoms with Crippen LogP contribution in [0, 0.1) is 5.41 Å². The molecule has 0 aliphatic carbocycles. The molecule has 3 N–H and O–H groups in total. The summed E-state index contributed by atoms with van der Waals surface area (Å²) >= 11 is 0. The van der Waals surface area contributed by atoms with E-state index in [1.54, 1.807) is 18.4 Å². The third-order valence-electron chi connectivity index (χ3n) is 6.69. The van der Waals surface area contributed by atoms with Gasteiger partial charge in [0.25, 0.3) is 0 Å². The number of amides is 2. The molecular weight excluding hydrogens is 488 g/mol. The van der Waals surface area contributed by atoms with Crippen LogP contribution < -0.4 is 10.6 Å². The van der Waals surface area contributed by atoms with Crippen molar-refractivity contribution in [3.63, 3.8) is 0 Å². The van der Waals surface area contributed by atoms with E-state index in [1.807, 2.05) is 25.2 Å². The lowest BCUT2D eigenvalue weighted by Gasteiger charge is -2.32. The Morgan fingerprint density at radius 2 is 1.81 bits per heavy atom. The zero-order chi connectivity index (χ0) is 26.9. The molecule has 10 heteroatoms. The van der Waals surface area contributed by atoms with E-state index in [4.69, 9.17) is 5.41 Å². The molecule has 1 saturated heterocycles. The van der Waals surface area contributed by atoms with E-state index in [0.717, 1.165) is 49.3 Å². The Morgan fingerprint density at radius 1 is 1.14 bits per heavy atom. The smallest absolute Gasteiger partial charge is 0.322 e. The van der Waals surface area contributed by atoms with E-state index >= 15 is 0 Å². The number of amidine groups is 1. The largest absolute Gasteiger partial charge is 0.388 e. The number of piperidine rings is 1. The number of rotatable bonds is 10. The monoisotopic (exact) mass is 526 g/mol. The topological polar surface area (TPSA) is 109 Å². The van der Waals surface area contributed by atoms with Crippen LogP contribution in [0.25, 0.3) is 0 Å². The maximum Gasteiger partial charge on any atom is 0.322 e. The number of nitrogens with one attached hydrogen (secondary N) is 3. The van der Waals surface area contributed by atoms with Gasteiger partial charge in [0.1, 0.15) is 23.1 Å². The Morgan fingerprint density at radius 3 is 2.38 bits per heavy atom. The van der Waals surface area contributed by atoms with E-state index in [1.165, 1.54) is 23.1 Å². The number of hydrogen-bond acceptors (Lipinski definition) is 6. The molecule has 37 heavy (non-hydrogen) atoms. The van der Waals surface area contributed by atoms with Gasteiger partial charge < -0.3 is 15.4 Å². The third kappa shape index (κ3) is 7.24. The van der Waals surface area contributed by atoms with Crippen LogP contribution in [-0.4, -0.2) is 84.3 Å². The van der Waals surface area contributed by atoms with Gasteiger partial charge in [-0.1, -0.05) is 18.2 Å². The molecule has 0 bridgehead atoms. The van der Waals surface area contributed by atoms with Gasteiger partial charge in [0.05, 0.1) is 4.90 Å². The second-order valence-electron chi connectivity index (χ2n) is 9.32. The molecule has 1 heterocycles. The maximum absolute atomic E-state index is 12.3. The number of urea groups is 1. The second kappa shape index (κ2) is 13.5. The fraction of sp³-hybridized carbons (Fsp3) is 0.444. The van der Waals surface area contributed by atoms with Crippen molar-refractivity contribution in [1.82, 2.24) is 19.4 Å². The van der Waals surface area contributed by atoms with Crippen LogP contribution >= 0.6 is 0 Å². The molecule has 0 saturated carbocycles. The van der Waals surface area contributed by atoms with Crippen LogP contribution in [0.4, 0.5) is 10.5 Å². The molecule has 0 spiro atoms. The van der Waals surface area contributed by atoms with Crippen molar-refractivity contribution in [2.45, 2.75) is 36.6 Å². The normalized spacial score (nSPS) is 15.3. The second-order valence-corrected chi connectivity index (χ2v) is 11.0. The Labute approximate surface area is 222 Å². The molecule has 1 fully saturated rings. The predicted molar refractivity (Wildman–Crippen MR) is 148 cm³/mol. The number of nitrogens with zero attached hydrogens (tertiary/aromatic N) is 3. The first-order valence-electron chi connectivity index (χ1n) is 12.5. The highest BCUT2D eigenvalue weighted by Crippen LogP contribution is 2.32. The van der Waals surface area contributed by atoms with Crippen molar-refractivity contribution in [3.8, 4) is 0 Å². The molecule has 2 aromatic rings. The number of carbonyl (C=O) groups is 2. The SMILES string of the molecule is CNC(=O)N(CCC=O)C(=N)c1ccc(C2CCN(Cc3ccc(S(=O)N(C)C)cc3)CC2)cc1NC. The van der Waals surface area contributed by atoms with E-state index < -0.39 is 17.0 Å². The van der Waals surface area contributed by atoms with Crippen LogP contribution in [0.3, 0.4) is 0 Å². The molecule has 1 aliphatic heterocycles. The van der Waals surface area contributed by atoms with E-state index in [-0.39, 0.29) is 18.8 Å². The molecular formula is C27H38N6O3S. The summed E-state index contributed by atoms with van der Waals surface area (Å²) in [5.74, 6) is 0.480. The molecule has 1 atom stereocenters. The standard InChI is InChI=1S/C27H38N6O3S/c1-29-25-18-22(8-11-24(25)26(28)33(14-5-17-34)27(35)30-2)21-12-15-32(16-13-21)19-20-6-9-23(10-7-20)37(36)31(3)4/h6-11,17-18,21,28-29H,5,12-16,19H2,1-4H3,(H,30,35). The summed E-state index contributed by atoms with van der Waals surface area (Å²) < 4.78 is 13.9. The van der Waals surface area contributed by atoms with E-state index in [2.05, 4.69) is 39.8 Å². The lowest BCUT2D eigenvalue weighted by Crippen LogP contribution is -2.43. The Kier molecular flexibility index (Phi) is 10.4. The third-order valence-corrected chi connectivity index (χ3v) is 8.03. The first-order valence-corrected chi connectivity index (χ1v) is 13.6. The minimum atomic E-state index is -1.13. The van der Waals surface area contributed by atoms with Crippen LogP contribution in [0.5, 0.6) is 0 Å². The van der Waals surface area contributed by atoms with Gasteiger partial charge in [0.2, 0.25) is 0 Å². The van der Waals surface area contributed by atoms with Gasteiger partial charge >= 0.3 is 6.03 Å². The van der Waals surface area contributed by atoms with Crippen LogP contribution in [0.1, 0.15) is 41.9 Å². The molecule has 0 radical (unpaired) electrons. The highest BCUT2D eigenvalue weighted by molar-refractivity contribution is 7.82. The van der Waals surface area contributed by atoms with Gasteiger partial charge in [-0.2, -0.15) is 0 Å². The van der Waals surface area contributed by atoms with Gasteiger partial charge in [-0.05, 0) is 81.3 Å². The first kappa shape index (κ1) is 28.5. The Balaban J connectivity index is 1.64. The molecule has 2 amide bonds. The molecule has 9 nitrogen and oxygen atoms in total. The molecule has 0 aromatic heterocycles. The zero-order valence-corrected chi connectivity index (χ0v) is 22.9. The highest BCUT2D eigenvalue weighted by Gasteiger charge is 2.24. The molecule has 3 rings (SSSR count). The molecule has 2 aromatic carbocycles. The van der Waals surface area contributed by atoms with Gasteiger partial charge in [-0.15, -0.1) is 0 Å². The minimum Gasteiger partial charge on any atom is -0.388 e. The molecule has 200 valence electrons. The number of benzene rings is 2. The van der Waals surface area contributed by atoms with Crippen LogP contribution in [0.2, 0.25) is 0 Å². The first-order chi connectivity index (χ1) is 17.8. The average molecular weight is 527 g/mol. The lowest BCUT2D eigenvalue weighted by atomic mass is 9.88.